The predicted octanol–water partition coefficient (Wildman–Crippen LogP) is 6.00. The number of ether oxygens (including phenoxy) is 1. The number of hydrogen-bond acceptors (Lipinski definition) is 4. The maximum absolute atomic E-state index is 5.97. The second kappa shape index (κ2) is 12.2. The van der Waals surface area contributed by atoms with Crippen molar-refractivity contribution < 1.29 is 4.74 Å². The Bertz CT molecular complexity index is 578. The highest BCUT2D eigenvalue weighted by molar-refractivity contribution is 6.16. The molecule has 2 aliphatic rings. The van der Waals surface area contributed by atoms with Crippen LogP contribution in [0.2, 0.25) is 0 Å². The van der Waals surface area contributed by atoms with Crippen LogP contribution >= 0.6 is 12.4 Å². The molecule has 0 fully saturated rings. The number of guanidine groups is 1. The quantitative estimate of drug-likeness (QED) is 0.385. The summed E-state index contributed by atoms with van der Waals surface area (Å²) in [6.45, 7) is 5.62. The van der Waals surface area contributed by atoms with Gasteiger partial charge in [-0.05, 0) is 18.6 Å². The summed E-state index contributed by atoms with van der Waals surface area (Å²) in [6.07, 6.45) is 13.6. The van der Waals surface area contributed by atoms with Crippen LogP contribution in [-0.4, -0.2) is 32.4 Å². The molecule has 2 aliphatic heterocycles. The van der Waals surface area contributed by atoms with Crippen LogP contribution in [0.5, 0.6) is 0 Å². The van der Waals surface area contributed by atoms with E-state index in [9.17, 15) is 0 Å². The minimum Gasteiger partial charge on any atom is -0.361 e. The molecule has 5 heteroatoms. The van der Waals surface area contributed by atoms with Gasteiger partial charge in [0.15, 0.2) is 0 Å². The number of unbranched alkanes of at least 4 members (excludes halogenated alkanes) is 9. The molecule has 3 rings (SSSR count). The highest BCUT2D eigenvalue weighted by atomic mass is 35.5. The molecule has 0 amide bonds. The van der Waals surface area contributed by atoms with Gasteiger partial charge in [0.2, 0.25) is 5.96 Å². The van der Waals surface area contributed by atoms with Gasteiger partial charge in [0.1, 0.15) is 6.73 Å². The van der Waals surface area contributed by atoms with Gasteiger partial charge >= 0.3 is 0 Å². The van der Waals surface area contributed by atoms with Gasteiger partial charge in [-0.3, -0.25) is 9.89 Å². The van der Waals surface area contributed by atoms with Gasteiger partial charge in [-0.1, -0.05) is 76.8 Å². The Kier molecular flexibility index (Phi) is 10.00. The Balaban J connectivity index is 0.00000261. The number of para-hydroxylation sites is 2. The van der Waals surface area contributed by atoms with E-state index in [1.165, 1.54) is 75.6 Å². The van der Waals surface area contributed by atoms with E-state index in [0.717, 1.165) is 25.7 Å². The normalized spacial score (nSPS) is 14.8. The van der Waals surface area contributed by atoms with Gasteiger partial charge in [0.25, 0.3) is 0 Å². The summed E-state index contributed by atoms with van der Waals surface area (Å²) >= 11 is 0. The SMILES string of the molecule is CCCCCCCCCCCCOCN1C2=NCCN2c2ccccc21.Cl. The molecule has 0 radical (unpaired) electrons. The molecular formula is C22H36ClN3O. The molecule has 0 aliphatic carbocycles. The monoisotopic (exact) mass is 393 g/mol. The standard InChI is InChI=1S/C22H35N3O.ClH/c1-2-3-4-5-6-7-8-9-10-13-18-26-19-25-21-15-12-11-14-20(21)24-17-16-23-22(24)25;/h11-12,14-15H,2-10,13,16-19H2,1H3;1H. The van der Waals surface area contributed by atoms with E-state index in [2.05, 4.69) is 46.0 Å². The molecule has 0 saturated carbocycles. The molecule has 0 N–H and O–H groups in total. The zero-order valence-electron chi connectivity index (χ0n) is 16.9. The van der Waals surface area contributed by atoms with Crippen LogP contribution in [0.3, 0.4) is 0 Å². The van der Waals surface area contributed by atoms with E-state index in [1.807, 2.05) is 0 Å². The lowest BCUT2D eigenvalue weighted by molar-refractivity contribution is 0.137. The first kappa shape index (κ1) is 22.0. The average Bonchev–Trinajstić information content (AvgIpc) is 3.25. The van der Waals surface area contributed by atoms with Crippen molar-refractivity contribution in [1.29, 1.82) is 0 Å². The van der Waals surface area contributed by atoms with Crippen molar-refractivity contribution in [1.82, 2.24) is 0 Å². The number of nitrogens with zero attached hydrogens (tertiary/aromatic N) is 3. The first-order valence-electron chi connectivity index (χ1n) is 10.7. The minimum atomic E-state index is 0. The second-order valence-corrected chi connectivity index (χ2v) is 7.47. The zero-order chi connectivity index (χ0) is 18.0. The van der Waals surface area contributed by atoms with Gasteiger partial charge in [-0.25, -0.2) is 0 Å². The molecular weight excluding hydrogens is 358 g/mol. The number of rotatable bonds is 13. The van der Waals surface area contributed by atoms with Crippen molar-refractivity contribution in [3.63, 3.8) is 0 Å². The van der Waals surface area contributed by atoms with Gasteiger partial charge in [0.05, 0.1) is 17.9 Å². The molecule has 4 nitrogen and oxygen atoms in total. The lowest BCUT2D eigenvalue weighted by atomic mass is 10.1. The lowest BCUT2D eigenvalue weighted by Gasteiger charge is -2.19. The Hall–Kier alpha value is -1.26. The molecule has 0 saturated heterocycles. The number of fused-ring (bicyclic) bond motifs is 3. The average molecular weight is 394 g/mol. The molecule has 2 heterocycles. The van der Waals surface area contributed by atoms with Crippen molar-refractivity contribution in [3.05, 3.63) is 24.3 Å². The van der Waals surface area contributed by atoms with Crippen LogP contribution in [0, 0.1) is 0 Å². The fourth-order valence-electron chi connectivity index (χ4n) is 3.90. The molecule has 1 aromatic rings. The summed E-state index contributed by atoms with van der Waals surface area (Å²) in [6, 6.07) is 8.54. The molecule has 152 valence electrons. The Morgan fingerprint density at radius 2 is 1.52 bits per heavy atom. The molecule has 0 unspecified atom stereocenters. The molecule has 0 atom stereocenters. The first-order valence-corrected chi connectivity index (χ1v) is 10.7. The van der Waals surface area contributed by atoms with E-state index in [4.69, 9.17) is 4.74 Å². The topological polar surface area (TPSA) is 28.1 Å². The summed E-state index contributed by atoms with van der Waals surface area (Å²) in [7, 11) is 0. The fourth-order valence-corrected chi connectivity index (χ4v) is 3.90. The van der Waals surface area contributed by atoms with Crippen molar-refractivity contribution in [2.24, 2.45) is 4.99 Å². The summed E-state index contributed by atoms with van der Waals surface area (Å²) in [5.74, 6) is 1.06. The lowest BCUT2D eigenvalue weighted by Crippen LogP contribution is -2.36. The van der Waals surface area contributed by atoms with Crippen LogP contribution in [0.25, 0.3) is 0 Å². The maximum Gasteiger partial charge on any atom is 0.207 e. The third-order valence-electron chi connectivity index (χ3n) is 5.39. The van der Waals surface area contributed by atoms with Crippen LogP contribution in [-0.2, 0) is 4.74 Å². The number of benzene rings is 1. The van der Waals surface area contributed by atoms with Gasteiger partial charge < -0.3 is 9.64 Å². The van der Waals surface area contributed by atoms with Gasteiger partial charge in [0, 0.05) is 13.2 Å². The van der Waals surface area contributed by atoms with Crippen molar-refractivity contribution in [3.8, 4) is 0 Å². The Labute approximate surface area is 171 Å². The number of halogens is 1. The van der Waals surface area contributed by atoms with Crippen LogP contribution in [0.4, 0.5) is 11.4 Å². The molecule has 1 aromatic carbocycles. The molecule has 27 heavy (non-hydrogen) atoms. The third-order valence-corrected chi connectivity index (χ3v) is 5.39. The van der Waals surface area contributed by atoms with E-state index in [0.29, 0.717) is 6.73 Å². The Morgan fingerprint density at radius 3 is 2.22 bits per heavy atom. The highest BCUT2D eigenvalue weighted by Crippen LogP contribution is 2.38. The summed E-state index contributed by atoms with van der Waals surface area (Å²) in [4.78, 5) is 9.18. The third kappa shape index (κ3) is 6.11. The van der Waals surface area contributed by atoms with Crippen molar-refractivity contribution in [2.75, 3.05) is 36.2 Å². The second-order valence-electron chi connectivity index (χ2n) is 7.47. The van der Waals surface area contributed by atoms with E-state index in [1.54, 1.807) is 0 Å². The zero-order valence-corrected chi connectivity index (χ0v) is 17.7. The largest absolute Gasteiger partial charge is 0.361 e. The molecule has 0 bridgehead atoms. The summed E-state index contributed by atoms with van der Waals surface area (Å²) in [5.41, 5.74) is 2.50. The van der Waals surface area contributed by atoms with Crippen LogP contribution < -0.4 is 9.80 Å². The van der Waals surface area contributed by atoms with Gasteiger partial charge in [-0.15, -0.1) is 12.4 Å². The molecule has 0 aromatic heterocycles. The van der Waals surface area contributed by atoms with Gasteiger partial charge in [-0.2, -0.15) is 0 Å². The van der Waals surface area contributed by atoms with Crippen molar-refractivity contribution in [2.45, 2.75) is 71.1 Å². The number of hydrogen-bond donors (Lipinski definition) is 0. The first-order chi connectivity index (χ1) is 12.9. The smallest absolute Gasteiger partial charge is 0.207 e. The summed E-state index contributed by atoms with van der Waals surface area (Å²) in [5, 5.41) is 0. The fraction of sp³-hybridized carbons (Fsp3) is 0.682. The number of anilines is 2. The van der Waals surface area contributed by atoms with E-state index >= 15 is 0 Å². The summed E-state index contributed by atoms with van der Waals surface area (Å²) < 4.78 is 5.97. The van der Waals surface area contributed by atoms with E-state index < -0.39 is 0 Å². The molecule has 0 spiro atoms. The Morgan fingerprint density at radius 1 is 0.889 bits per heavy atom. The van der Waals surface area contributed by atoms with E-state index in [-0.39, 0.29) is 12.4 Å². The number of aliphatic imine (C=N–C) groups is 1. The van der Waals surface area contributed by atoms with Crippen molar-refractivity contribution >= 4 is 29.7 Å². The highest BCUT2D eigenvalue weighted by Gasteiger charge is 2.34. The maximum atomic E-state index is 5.97. The minimum absolute atomic E-state index is 0. The van der Waals surface area contributed by atoms with Crippen LogP contribution in [0.15, 0.2) is 29.3 Å². The predicted molar refractivity (Wildman–Crippen MR) is 118 cm³/mol. The van der Waals surface area contributed by atoms with Crippen LogP contribution in [0.1, 0.15) is 71.1 Å².